The minimum atomic E-state index is -3.42. The Morgan fingerprint density at radius 3 is 2.71 bits per heavy atom. The van der Waals surface area contributed by atoms with E-state index in [1.807, 2.05) is 37.3 Å². The molecule has 1 unspecified atom stereocenters. The van der Waals surface area contributed by atoms with Crippen LogP contribution in [-0.2, 0) is 28.1 Å². The van der Waals surface area contributed by atoms with Gasteiger partial charge in [0.05, 0.1) is 17.3 Å². The van der Waals surface area contributed by atoms with Gasteiger partial charge in [-0.15, -0.1) is 0 Å². The Kier molecular flexibility index (Phi) is 5.88. The van der Waals surface area contributed by atoms with Crippen LogP contribution in [0, 0.1) is 6.92 Å². The maximum Gasteiger partial charge on any atom is 0.220 e. The van der Waals surface area contributed by atoms with E-state index in [4.69, 9.17) is 4.74 Å². The highest BCUT2D eigenvalue weighted by atomic mass is 32.2. The van der Waals surface area contributed by atoms with Crippen LogP contribution >= 0.6 is 0 Å². The Bertz CT molecular complexity index is 994. The number of benzene rings is 1. The summed E-state index contributed by atoms with van der Waals surface area (Å²) in [4.78, 5) is 12.7. The van der Waals surface area contributed by atoms with E-state index >= 15 is 0 Å². The average Bonchev–Trinajstić information content (AvgIpc) is 2.87. The smallest absolute Gasteiger partial charge is 0.220 e. The van der Waals surface area contributed by atoms with Crippen molar-refractivity contribution in [1.82, 2.24) is 15.1 Å². The molecule has 1 amide bonds. The molecule has 1 atom stereocenters. The van der Waals surface area contributed by atoms with Crippen LogP contribution in [0.15, 0.2) is 35.2 Å². The zero-order chi connectivity index (χ0) is 20.3. The fourth-order valence-corrected chi connectivity index (χ4v) is 4.08. The third kappa shape index (κ3) is 4.81. The van der Waals surface area contributed by atoms with Gasteiger partial charge in [0.2, 0.25) is 11.8 Å². The molecule has 2 heterocycles. The molecule has 1 aliphatic heterocycles. The van der Waals surface area contributed by atoms with E-state index in [1.54, 1.807) is 17.8 Å². The quantitative estimate of drug-likeness (QED) is 0.825. The number of sulfone groups is 1. The summed E-state index contributed by atoms with van der Waals surface area (Å²) >= 11 is 0. The van der Waals surface area contributed by atoms with E-state index in [2.05, 4.69) is 10.4 Å². The Morgan fingerprint density at radius 1 is 1.32 bits per heavy atom. The first-order chi connectivity index (χ1) is 13.2. The highest BCUT2D eigenvalue weighted by Gasteiger charge is 2.26. The van der Waals surface area contributed by atoms with Crippen molar-refractivity contribution in [3.63, 3.8) is 0 Å². The van der Waals surface area contributed by atoms with E-state index in [0.29, 0.717) is 30.0 Å². The standard InChI is InChI=1S/C20H25N3O4S/c1-14-18-12-17(28(3,25)26)11-16(13-27-20(18)23(2)22-14)21-19(24)10-9-15-7-5-4-6-8-15/h4-8,12,16H,9-11,13H2,1-3H3,(H,21,24)/b17-12+. The number of carbonyl (C=O) groups excluding carboxylic acids is 1. The van der Waals surface area contributed by atoms with Gasteiger partial charge < -0.3 is 10.1 Å². The number of amides is 1. The number of hydrogen-bond donors (Lipinski definition) is 1. The number of aromatic nitrogens is 2. The van der Waals surface area contributed by atoms with Crippen molar-refractivity contribution in [3.8, 4) is 5.88 Å². The molecule has 0 spiro atoms. The lowest BCUT2D eigenvalue weighted by atomic mass is 10.1. The highest BCUT2D eigenvalue weighted by Crippen LogP contribution is 2.29. The normalized spacial score (nSPS) is 18.8. The van der Waals surface area contributed by atoms with Gasteiger partial charge in [-0.1, -0.05) is 30.3 Å². The minimum Gasteiger partial charge on any atom is -0.475 e. The summed E-state index contributed by atoms with van der Waals surface area (Å²) in [6, 6.07) is 9.32. The van der Waals surface area contributed by atoms with Crippen LogP contribution < -0.4 is 10.1 Å². The SMILES string of the molecule is Cc1nn(C)c2c1/C=C(/S(C)(=O)=O)CC(NC(=O)CCc1ccccc1)CO2. The van der Waals surface area contributed by atoms with Crippen molar-refractivity contribution in [2.45, 2.75) is 32.2 Å². The minimum absolute atomic E-state index is 0.132. The number of nitrogens with one attached hydrogen (secondary N) is 1. The number of nitrogens with zero attached hydrogens (tertiary/aromatic N) is 2. The molecule has 0 saturated heterocycles. The molecule has 1 aromatic heterocycles. The average molecular weight is 404 g/mol. The fourth-order valence-electron chi connectivity index (χ4n) is 3.25. The van der Waals surface area contributed by atoms with Crippen LogP contribution in [0.1, 0.15) is 29.7 Å². The van der Waals surface area contributed by atoms with Crippen molar-refractivity contribution in [3.05, 3.63) is 52.1 Å². The number of carbonyl (C=O) groups is 1. The van der Waals surface area contributed by atoms with Crippen LogP contribution in [0.3, 0.4) is 0 Å². The van der Waals surface area contributed by atoms with Gasteiger partial charge in [0.25, 0.3) is 0 Å². The van der Waals surface area contributed by atoms with E-state index in [-0.39, 0.29) is 23.8 Å². The van der Waals surface area contributed by atoms with E-state index in [9.17, 15) is 13.2 Å². The molecule has 1 aromatic carbocycles. The largest absolute Gasteiger partial charge is 0.475 e. The summed E-state index contributed by atoms with van der Waals surface area (Å²) in [5.41, 5.74) is 2.44. The molecule has 28 heavy (non-hydrogen) atoms. The summed E-state index contributed by atoms with van der Waals surface area (Å²) in [6.07, 6.45) is 3.93. The number of ether oxygens (including phenoxy) is 1. The molecule has 8 heteroatoms. The van der Waals surface area contributed by atoms with Crippen molar-refractivity contribution < 1.29 is 17.9 Å². The maximum atomic E-state index is 12.4. The predicted octanol–water partition coefficient (Wildman–Crippen LogP) is 2.01. The van der Waals surface area contributed by atoms with Crippen molar-refractivity contribution >= 4 is 21.8 Å². The number of rotatable bonds is 5. The third-order valence-corrected chi connectivity index (χ3v) is 5.95. The van der Waals surface area contributed by atoms with Crippen LogP contribution in [-0.4, -0.2) is 43.0 Å². The Labute approximate surface area is 165 Å². The van der Waals surface area contributed by atoms with E-state index in [1.165, 1.54) is 6.26 Å². The zero-order valence-electron chi connectivity index (χ0n) is 16.3. The lowest BCUT2D eigenvalue weighted by molar-refractivity contribution is -0.122. The lowest BCUT2D eigenvalue weighted by Gasteiger charge is -2.23. The van der Waals surface area contributed by atoms with Crippen LogP contribution in [0.5, 0.6) is 5.88 Å². The predicted molar refractivity (Wildman–Crippen MR) is 108 cm³/mol. The molecule has 150 valence electrons. The van der Waals surface area contributed by atoms with Crippen LogP contribution in [0.25, 0.3) is 6.08 Å². The van der Waals surface area contributed by atoms with E-state index < -0.39 is 15.9 Å². The zero-order valence-corrected chi connectivity index (χ0v) is 17.1. The lowest BCUT2D eigenvalue weighted by Crippen LogP contribution is -2.40. The second-order valence-corrected chi connectivity index (χ2v) is 9.14. The van der Waals surface area contributed by atoms with Crippen molar-refractivity contribution in [2.75, 3.05) is 12.9 Å². The summed E-state index contributed by atoms with van der Waals surface area (Å²) in [6.45, 7) is 1.99. The van der Waals surface area contributed by atoms with Gasteiger partial charge in [-0.25, -0.2) is 13.1 Å². The van der Waals surface area contributed by atoms with Crippen LogP contribution in [0.2, 0.25) is 0 Å². The number of hydrogen-bond acceptors (Lipinski definition) is 5. The Balaban J connectivity index is 1.75. The summed E-state index contributed by atoms with van der Waals surface area (Å²) in [5, 5.41) is 7.22. The van der Waals surface area contributed by atoms with Gasteiger partial charge in [0.1, 0.15) is 6.61 Å². The van der Waals surface area contributed by atoms with Gasteiger partial charge in [0.15, 0.2) is 9.84 Å². The molecule has 7 nitrogen and oxygen atoms in total. The molecule has 3 rings (SSSR count). The third-order valence-electron chi connectivity index (χ3n) is 4.71. The van der Waals surface area contributed by atoms with Gasteiger partial charge in [-0.2, -0.15) is 5.10 Å². The highest BCUT2D eigenvalue weighted by molar-refractivity contribution is 7.94. The fraction of sp³-hybridized carbons (Fsp3) is 0.400. The summed E-state index contributed by atoms with van der Waals surface area (Å²) in [7, 11) is -1.68. The Morgan fingerprint density at radius 2 is 2.04 bits per heavy atom. The van der Waals surface area contributed by atoms with Crippen LogP contribution in [0.4, 0.5) is 0 Å². The van der Waals surface area contributed by atoms with Gasteiger partial charge in [0, 0.05) is 31.1 Å². The molecular formula is C20H25N3O4S. The molecule has 0 bridgehead atoms. The van der Waals surface area contributed by atoms with Gasteiger partial charge in [-0.05, 0) is 25.0 Å². The second kappa shape index (κ2) is 8.18. The first kappa shape index (κ1) is 20.1. The van der Waals surface area contributed by atoms with Gasteiger partial charge >= 0.3 is 0 Å². The van der Waals surface area contributed by atoms with Gasteiger partial charge in [-0.3, -0.25) is 4.79 Å². The molecule has 0 fully saturated rings. The summed E-state index contributed by atoms with van der Waals surface area (Å²) in [5.74, 6) is 0.370. The number of aryl methyl sites for hydroxylation is 3. The van der Waals surface area contributed by atoms with Crippen molar-refractivity contribution in [2.24, 2.45) is 7.05 Å². The second-order valence-electron chi connectivity index (χ2n) is 7.08. The van der Waals surface area contributed by atoms with Crippen molar-refractivity contribution in [1.29, 1.82) is 0 Å². The molecule has 1 aliphatic rings. The Hall–Kier alpha value is -2.61. The molecular weight excluding hydrogens is 378 g/mol. The molecule has 0 saturated carbocycles. The molecule has 0 radical (unpaired) electrons. The van der Waals surface area contributed by atoms with E-state index in [0.717, 1.165) is 5.56 Å². The maximum absolute atomic E-state index is 12.4. The molecule has 1 N–H and O–H groups in total. The topological polar surface area (TPSA) is 90.3 Å². The first-order valence-corrected chi connectivity index (χ1v) is 11.0. The monoisotopic (exact) mass is 403 g/mol. The number of fused-ring (bicyclic) bond motifs is 1. The molecule has 2 aromatic rings. The first-order valence-electron chi connectivity index (χ1n) is 9.14. The molecule has 0 aliphatic carbocycles. The summed E-state index contributed by atoms with van der Waals surface area (Å²) < 4.78 is 32.0.